The zero-order valence-electron chi connectivity index (χ0n) is 17.4. The summed E-state index contributed by atoms with van der Waals surface area (Å²) in [7, 11) is 0. The van der Waals surface area contributed by atoms with Crippen molar-refractivity contribution in [3.05, 3.63) is 53.8 Å². The third kappa shape index (κ3) is 5.26. The SMILES string of the molecule is O=C(NCCCN1CCN(c2cccc3c2OCC(CO)O3)CC1)c1ccc(F)cc1. The molecule has 0 radical (unpaired) electrons. The number of anilines is 1. The minimum absolute atomic E-state index is 0.0628. The van der Waals surface area contributed by atoms with Crippen molar-refractivity contribution in [3.63, 3.8) is 0 Å². The van der Waals surface area contributed by atoms with Crippen molar-refractivity contribution in [2.75, 3.05) is 57.4 Å². The minimum atomic E-state index is -0.347. The first-order valence-electron chi connectivity index (χ1n) is 10.7. The van der Waals surface area contributed by atoms with E-state index in [0.29, 0.717) is 24.5 Å². The highest BCUT2D eigenvalue weighted by molar-refractivity contribution is 5.94. The number of carbonyl (C=O) groups excluding carboxylic acids is 1. The first-order valence-corrected chi connectivity index (χ1v) is 10.7. The molecular weight excluding hydrogens is 401 g/mol. The van der Waals surface area contributed by atoms with Gasteiger partial charge in [0.1, 0.15) is 12.4 Å². The van der Waals surface area contributed by atoms with Gasteiger partial charge in [-0.3, -0.25) is 9.69 Å². The van der Waals surface area contributed by atoms with Gasteiger partial charge in [0.05, 0.1) is 12.3 Å². The maximum Gasteiger partial charge on any atom is 0.251 e. The maximum atomic E-state index is 12.9. The van der Waals surface area contributed by atoms with Crippen LogP contribution < -0.4 is 19.7 Å². The van der Waals surface area contributed by atoms with Crippen molar-refractivity contribution >= 4 is 11.6 Å². The summed E-state index contributed by atoms with van der Waals surface area (Å²) >= 11 is 0. The lowest BCUT2D eigenvalue weighted by Crippen LogP contribution is -2.47. The smallest absolute Gasteiger partial charge is 0.251 e. The number of halogens is 1. The molecule has 1 unspecified atom stereocenters. The average molecular weight is 429 g/mol. The van der Waals surface area contributed by atoms with Gasteiger partial charge in [0, 0.05) is 38.3 Å². The van der Waals surface area contributed by atoms with E-state index in [-0.39, 0.29) is 24.4 Å². The first-order chi connectivity index (χ1) is 15.1. The molecule has 8 heteroatoms. The summed E-state index contributed by atoms with van der Waals surface area (Å²) in [5.41, 5.74) is 1.50. The predicted octanol–water partition coefficient (Wildman–Crippen LogP) is 1.90. The fourth-order valence-corrected chi connectivity index (χ4v) is 3.89. The molecular formula is C23H28FN3O4. The van der Waals surface area contributed by atoms with E-state index >= 15 is 0 Å². The van der Waals surface area contributed by atoms with E-state index in [2.05, 4.69) is 15.1 Å². The quantitative estimate of drug-likeness (QED) is 0.655. The second-order valence-electron chi connectivity index (χ2n) is 7.78. The molecule has 2 aromatic carbocycles. The number of fused-ring (bicyclic) bond motifs is 1. The molecule has 31 heavy (non-hydrogen) atoms. The topological polar surface area (TPSA) is 74.3 Å². The largest absolute Gasteiger partial charge is 0.484 e. The number of nitrogens with zero attached hydrogens (tertiary/aromatic N) is 2. The van der Waals surface area contributed by atoms with Gasteiger partial charge >= 0.3 is 0 Å². The Balaban J connectivity index is 1.21. The highest BCUT2D eigenvalue weighted by Gasteiger charge is 2.26. The number of benzene rings is 2. The Morgan fingerprint density at radius 3 is 2.65 bits per heavy atom. The number of ether oxygens (including phenoxy) is 2. The van der Waals surface area contributed by atoms with Crippen molar-refractivity contribution in [3.8, 4) is 11.5 Å². The third-order valence-corrected chi connectivity index (χ3v) is 5.63. The number of aliphatic hydroxyl groups is 1. The Bertz CT molecular complexity index is 885. The van der Waals surface area contributed by atoms with Crippen LogP contribution in [0.15, 0.2) is 42.5 Å². The maximum absolute atomic E-state index is 12.9. The summed E-state index contributed by atoms with van der Waals surface area (Å²) in [6.07, 6.45) is 0.538. The number of carbonyl (C=O) groups is 1. The number of para-hydroxylation sites is 1. The normalized spacial score (nSPS) is 18.6. The van der Waals surface area contributed by atoms with Gasteiger partial charge in [0.2, 0.25) is 0 Å². The van der Waals surface area contributed by atoms with Gasteiger partial charge in [-0.25, -0.2) is 4.39 Å². The molecule has 0 bridgehead atoms. The molecule has 2 aromatic rings. The summed E-state index contributed by atoms with van der Waals surface area (Å²) in [5, 5.41) is 12.2. The predicted molar refractivity (Wildman–Crippen MR) is 115 cm³/mol. The van der Waals surface area contributed by atoms with Crippen LogP contribution in [0.4, 0.5) is 10.1 Å². The molecule has 7 nitrogen and oxygen atoms in total. The van der Waals surface area contributed by atoms with E-state index in [0.717, 1.165) is 50.6 Å². The van der Waals surface area contributed by atoms with Gasteiger partial charge < -0.3 is 24.8 Å². The van der Waals surface area contributed by atoms with E-state index < -0.39 is 0 Å². The zero-order valence-corrected chi connectivity index (χ0v) is 17.4. The van der Waals surface area contributed by atoms with Crippen molar-refractivity contribution < 1.29 is 23.8 Å². The van der Waals surface area contributed by atoms with E-state index in [4.69, 9.17) is 9.47 Å². The fraction of sp³-hybridized carbons (Fsp3) is 0.435. The standard InChI is InChI=1S/C23H28FN3O4/c24-18-7-5-17(6-8-18)23(29)25-9-2-10-26-11-13-27(14-12-26)20-3-1-4-21-22(20)30-16-19(15-28)31-21/h1,3-8,19,28H,2,9-16H2,(H,25,29). The molecule has 2 aliphatic heterocycles. The summed E-state index contributed by atoms with van der Waals surface area (Å²) in [6.45, 7) is 5.39. The highest BCUT2D eigenvalue weighted by Crippen LogP contribution is 2.40. The lowest BCUT2D eigenvalue weighted by atomic mass is 10.2. The second kappa shape index (κ2) is 9.98. The fourth-order valence-electron chi connectivity index (χ4n) is 3.89. The Morgan fingerprint density at radius 1 is 1.13 bits per heavy atom. The number of rotatable bonds is 7. The van der Waals surface area contributed by atoms with Crippen molar-refractivity contribution in [1.29, 1.82) is 0 Å². The van der Waals surface area contributed by atoms with Crippen LogP contribution in [0.25, 0.3) is 0 Å². The van der Waals surface area contributed by atoms with Gasteiger partial charge in [0.15, 0.2) is 17.6 Å². The Kier molecular flexibility index (Phi) is 6.89. The van der Waals surface area contributed by atoms with Crippen LogP contribution in [0.1, 0.15) is 16.8 Å². The van der Waals surface area contributed by atoms with E-state index in [9.17, 15) is 14.3 Å². The Morgan fingerprint density at radius 2 is 1.90 bits per heavy atom. The molecule has 1 fully saturated rings. The molecule has 166 valence electrons. The first kappa shape index (κ1) is 21.4. The van der Waals surface area contributed by atoms with Gasteiger partial charge in [0.25, 0.3) is 5.91 Å². The van der Waals surface area contributed by atoms with Crippen LogP contribution in [0.3, 0.4) is 0 Å². The monoisotopic (exact) mass is 429 g/mol. The number of nitrogens with one attached hydrogen (secondary N) is 1. The van der Waals surface area contributed by atoms with E-state index in [1.165, 1.54) is 24.3 Å². The number of piperazine rings is 1. The van der Waals surface area contributed by atoms with Crippen LogP contribution in [0.5, 0.6) is 11.5 Å². The van der Waals surface area contributed by atoms with Crippen molar-refractivity contribution in [1.82, 2.24) is 10.2 Å². The zero-order chi connectivity index (χ0) is 21.6. The van der Waals surface area contributed by atoms with Gasteiger partial charge in [-0.2, -0.15) is 0 Å². The molecule has 4 rings (SSSR count). The second-order valence-corrected chi connectivity index (χ2v) is 7.78. The summed E-state index contributed by atoms with van der Waals surface area (Å²) in [4.78, 5) is 16.8. The van der Waals surface area contributed by atoms with Crippen LogP contribution in [-0.2, 0) is 0 Å². The highest BCUT2D eigenvalue weighted by atomic mass is 19.1. The molecule has 0 aliphatic carbocycles. The molecule has 0 saturated carbocycles. The molecule has 1 atom stereocenters. The lowest BCUT2D eigenvalue weighted by molar-refractivity contribution is 0.0459. The lowest BCUT2D eigenvalue weighted by Gasteiger charge is -2.38. The Labute approximate surface area is 181 Å². The number of hydrogen-bond acceptors (Lipinski definition) is 6. The van der Waals surface area contributed by atoms with Crippen LogP contribution in [0, 0.1) is 5.82 Å². The average Bonchev–Trinajstić information content (AvgIpc) is 2.82. The number of amides is 1. The third-order valence-electron chi connectivity index (χ3n) is 5.63. The van der Waals surface area contributed by atoms with E-state index in [1.54, 1.807) is 0 Å². The number of hydrogen-bond donors (Lipinski definition) is 2. The van der Waals surface area contributed by atoms with Gasteiger partial charge in [-0.1, -0.05) is 6.07 Å². The Hall–Kier alpha value is -2.84. The molecule has 0 spiro atoms. The summed E-state index contributed by atoms with van der Waals surface area (Å²) in [5.74, 6) is 0.913. The van der Waals surface area contributed by atoms with Crippen LogP contribution >= 0.6 is 0 Å². The van der Waals surface area contributed by atoms with Gasteiger partial charge in [-0.15, -0.1) is 0 Å². The molecule has 2 heterocycles. The molecule has 0 aromatic heterocycles. The van der Waals surface area contributed by atoms with Crippen LogP contribution in [-0.4, -0.2) is 74.5 Å². The van der Waals surface area contributed by atoms with E-state index in [1.807, 2.05) is 18.2 Å². The summed E-state index contributed by atoms with van der Waals surface area (Å²) < 4.78 is 24.6. The molecule has 1 amide bonds. The van der Waals surface area contributed by atoms with Crippen molar-refractivity contribution in [2.45, 2.75) is 12.5 Å². The molecule has 1 saturated heterocycles. The van der Waals surface area contributed by atoms with Crippen LogP contribution in [0.2, 0.25) is 0 Å². The van der Waals surface area contributed by atoms with Gasteiger partial charge in [-0.05, 0) is 49.4 Å². The van der Waals surface area contributed by atoms with Crippen molar-refractivity contribution in [2.24, 2.45) is 0 Å². The summed E-state index contributed by atoms with van der Waals surface area (Å²) in [6, 6.07) is 11.4. The minimum Gasteiger partial charge on any atom is -0.484 e. The number of aliphatic hydroxyl groups excluding tert-OH is 1. The molecule has 2 aliphatic rings. The molecule has 2 N–H and O–H groups in total.